The second-order valence-corrected chi connectivity index (χ2v) is 14.0. The van der Waals surface area contributed by atoms with Crippen LogP contribution < -0.4 is 4.90 Å². The summed E-state index contributed by atoms with van der Waals surface area (Å²) in [5, 5.41) is 2.33. The summed E-state index contributed by atoms with van der Waals surface area (Å²) in [6.45, 7) is 0. The molecule has 0 N–H and O–H groups in total. The van der Waals surface area contributed by atoms with Crippen LogP contribution in [0.25, 0.3) is 56.1 Å². The van der Waals surface area contributed by atoms with Crippen LogP contribution in [-0.2, 0) is 5.41 Å². The van der Waals surface area contributed by atoms with E-state index in [9.17, 15) is 0 Å². The zero-order chi connectivity index (χ0) is 35.6. The van der Waals surface area contributed by atoms with Gasteiger partial charge in [0.1, 0.15) is 0 Å². The molecule has 0 saturated heterocycles. The Kier molecular flexibility index (Phi) is 6.73. The largest absolute Gasteiger partial charge is 0.310 e. The van der Waals surface area contributed by atoms with Crippen LogP contribution >= 0.6 is 0 Å². The van der Waals surface area contributed by atoms with Crippen molar-refractivity contribution in [1.82, 2.24) is 15.0 Å². The first-order valence-corrected chi connectivity index (χ1v) is 18.4. The maximum Gasteiger partial charge on any atom is 0.164 e. The highest BCUT2D eigenvalue weighted by Crippen LogP contribution is 2.63. The van der Waals surface area contributed by atoms with Crippen molar-refractivity contribution >= 4 is 27.8 Å². The van der Waals surface area contributed by atoms with E-state index in [1.165, 1.54) is 44.5 Å². The summed E-state index contributed by atoms with van der Waals surface area (Å²) in [6, 6.07) is 69.2. The molecule has 0 radical (unpaired) electrons. The van der Waals surface area contributed by atoms with Gasteiger partial charge < -0.3 is 4.90 Å². The molecule has 252 valence electrons. The van der Waals surface area contributed by atoms with E-state index < -0.39 is 5.41 Å². The van der Waals surface area contributed by atoms with Crippen molar-refractivity contribution in [2.75, 3.05) is 4.90 Å². The lowest BCUT2D eigenvalue weighted by Gasteiger charge is -2.45. The van der Waals surface area contributed by atoms with Crippen LogP contribution in [0.5, 0.6) is 0 Å². The molecule has 4 heteroatoms. The fourth-order valence-electron chi connectivity index (χ4n) is 8.78. The van der Waals surface area contributed by atoms with Crippen LogP contribution in [0.15, 0.2) is 194 Å². The molecule has 2 heterocycles. The molecule has 8 aromatic carbocycles. The molecular weight excluding hydrogens is 657 g/mol. The predicted molar refractivity (Wildman–Crippen MR) is 219 cm³/mol. The molecule has 1 aliphatic heterocycles. The quantitative estimate of drug-likeness (QED) is 0.185. The van der Waals surface area contributed by atoms with E-state index in [0.717, 1.165) is 33.5 Å². The van der Waals surface area contributed by atoms with E-state index in [2.05, 4.69) is 181 Å². The van der Waals surface area contributed by atoms with Gasteiger partial charge >= 0.3 is 0 Å². The Balaban J connectivity index is 1.21. The van der Waals surface area contributed by atoms with Gasteiger partial charge in [-0.2, -0.15) is 0 Å². The third kappa shape index (κ3) is 4.47. The van der Waals surface area contributed by atoms with E-state index >= 15 is 0 Å². The first-order chi connectivity index (χ1) is 26.8. The lowest BCUT2D eigenvalue weighted by molar-refractivity contribution is 0.753. The number of nitrogens with zero attached hydrogens (tertiary/aromatic N) is 4. The highest BCUT2D eigenvalue weighted by atomic mass is 15.2. The number of benzene rings is 8. The molecule has 0 fully saturated rings. The van der Waals surface area contributed by atoms with Gasteiger partial charge in [0.25, 0.3) is 0 Å². The monoisotopic (exact) mass is 688 g/mol. The van der Waals surface area contributed by atoms with Crippen molar-refractivity contribution < 1.29 is 0 Å². The van der Waals surface area contributed by atoms with Crippen LogP contribution in [0.3, 0.4) is 0 Å². The number of para-hydroxylation sites is 2. The van der Waals surface area contributed by atoms with Gasteiger partial charge in [-0.3, -0.25) is 0 Å². The molecular formula is C50H32N4. The summed E-state index contributed by atoms with van der Waals surface area (Å²) < 4.78 is 0. The van der Waals surface area contributed by atoms with Gasteiger partial charge in [-0.05, 0) is 86.6 Å². The Morgan fingerprint density at radius 1 is 0.333 bits per heavy atom. The average Bonchev–Trinajstić information content (AvgIpc) is 3.55. The highest BCUT2D eigenvalue weighted by molar-refractivity contribution is 5.96. The maximum atomic E-state index is 5.24. The van der Waals surface area contributed by atoms with Crippen LogP contribution in [-0.4, -0.2) is 15.0 Å². The van der Waals surface area contributed by atoms with Gasteiger partial charge in [-0.25, -0.2) is 15.0 Å². The van der Waals surface area contributed by atoms with Crippen molar-refractivity contribution in [3.8, 4) is 45.3 Å². The predicted octanol–water partition coefficient (Wildman–Crippen LogP) is 12.2. The third-order valence-corrected chi connectivity index (χ3v) is 11.1. The summed E-state index contributed by atoms with van der Waals surface area (Å²) in [4.78, 5) is 17.9. The molecule has 1 aliphatic carbocycles. The maximum absolute atomic E-state index is 5.24. The number of hydrogen-bond acceptors (Lipinski definition) is 4. The van der Waals surface area contributed by atoms with Crippen molar-refractivity contribution in [2.45, 2.75) is 5.41 Å². The molecule has 1 spiro atoms. The van der Waals surface area contributed by atoms with E-state index in [-0.39, 0.29) is 0 Å². The summed E-state index contributed by atoms with van der Waals surface area (Å²) in [5.41, 5.74) is 13.2. The molecule has 0 unspecified atom stereocenters. The van der Waals surface area contributed by atoms with E-state index in [4.69, 9.17) is 15.0 Å². The molecule has 0 saturated carbocycles. The number of hydrogen-bond donors (Lipinski definition) is 0. The fourth-order valence-corrected chi connectivity index (χ4v) is 8.78. The topological polar surface area (TPSA) is 41.9 Å². The van der Waals surface area contributed by atoms with Gasteiger partial charge in [0.05, 0.1) is 16.8 Å². The van der Waals surface area contributed by atoms with E-state index in [0.29, 0.717) is 17.5 Å². The van der Waals surface area contributed by atoms with E-state index in [1.807, 2.05) is 18.2 Å². The zero-order valence-electron chi connectivity index (χ0n) is 29.3. The Hall–Kier alpha value is -7.17. The molecule has 54 heavy (non-hydrogen) atoms. The first kappa shape index (κ1) is 30.5. The number of aromatic nitrogens is 3. The molecule has 9 aromatic rings. The molecule has 0 amide bonds. The smallest absolute Gasteiger partial charge is 0.164 e. The summed E-state index contributed by atoms with van der Waals surface area (Å²) >= 11 is 0. The van der Waals surface area contributed by atoms with Gasteiger partial charge in [-0.15, -0.1) is 0 Å². The van der Waals surface area contributed by atoms with Gasteiger partial charge in [0, 0.05) is 22.4 Å². The van der Waals surface area contributed by atoms with Gasteiger partial charge in [-0.1, -0.05) is 152 Å². The Labute approximate surface area is 313 Å². The number of fused-ring (bicyclic) bond motifs is 10. The SMILES string of the molecule is c1ccc(-c2nc(-c3ccc4c(c3)C3(c5ccccc5-c5ccccc53)c3ccccc3N4c3ccccc3)nc(-c3ccc4ccccc4c3)n2)cc1. The van der Waals surface area contributed by atoms with Crippen LogP contribution in [0.2, 0.25) is 0 Å². The zero-order valence-corrected chi connectivity index (χ0v) is 29.3. The van der Waals surface area contributed by atoms with Gasteiger partial charge in [0.2, 0.25) is 0 Å². The third-order valence-electron chi connectivity index (χ3n) is 11.1. The molecule has 1 aromatic heterocycles. The average molecular weight is 689 g/mol. The normalized spacial score (nSPS) is 13.3. The van der Waals surface area contributed by atoms with Crippen molar-refractivity contribution in [3.63, 3.8) is 0 Å². The van der Waals surface area contributed by atoms with Crippen LogP contribution in [0, 0.1) is 0 Å². The lowest BCUT2D eigenvalue weighted by atomic mass is 9.64. The molecule has 0 atom stereocenters. The lowest BCUT2D eigenvalue weighted by Crippen LogP contribution is -2.36. The standard InChI is InChI=1S/C50H32N4/c1-3-16-34(17-4-1)47-51-48(36-28-27-33-15-7-8-18-35(33)31-36)53-49(52-47)37-29-30-46-44(32-37)50(41-23-11-9-21-39(41)40-22-10-12-24-42(40)50)43-25-13-14-26-45(43)54(46)38-19-5-2-6-20-38/h1-32H. The van der Waals surface area contributed by atoms with Crippen LogP contribution in [0.4, 0.5) is 17.1 Å². The Bertz CT molecular complexity index is 2850. The highest BCUT2D eigenvalue weighted by Gasteiger charge is 2.51. The summed E-state index contributed by atoms with van der Waals surface area (Å²) in [6.07, 6.45) is 0. The second kappa shape index (κ2) is 11.9. The summed E-state index contributed by atoms with van der Waals surface area (Å²) in [5.74, 6) is 1.92. The Morgan fingerprint density at radius 3 is 1.54 bits per heavy atom. The molecule has 11 rings (SSSR count). The second-order valence-electron chi connectivity index (χ2n) is 14.0. The van der Waals surface area contributed by atoms with Crippen molar-refractivity contribution in [2.24, 2.45) is 0 Å². The minimum Gasteiger partial charge on any atom is -0.310 e. The number of rotatable bonds is 4. The minimum atomic E-state index is -0.573. The van der Waals surface area contributed by atoms with Crippen LogP contribution in [0.1, 0.15) is 22.3 Å². The van der Waals surface area contributed by atoms with E-state index in [1.54, 1.807) is 0 Å². The fraction of sp³-hybridized carbons (Fsp3) is 0.0200. The molecule has 2 aliphatic rings. The van der Waals surface area contributed by atoms with Crippen molar-refractivity contribution in [1.29, 1.82) is 0 Å². The van der Waals surface area contributed by atoms with Gasteiger partial charge in [0.15, 0.2) is 17.5 Å². The molecule has 0 bridgehead atoms. The number of anilines is 3. The van der Waals surface area contributed by atoms with Crippen molar-refractivity contribution in [3.05, 3.63) is 216 Å². The minimum absolute atomic E-state index is 0.573. The first-order valence-electron chi connectivity index (χ1n) is 18.4. The Morgan fingerprint density at radius 2 is 0.833 bits per heavy atom. The summed E-state index contributed by atoms with van der Waals surface area (Å²) in [7, 11) is 0. The molecule has 4 nitrogen and oxygen atoms in total.